The molecule has 0 aliphatic heterocycles. The number of esters is 1. The highest BCUT2D eigenvalue weighted by molar-refractivity contribution is 6.90. The van der Waals surface area contributed by atoms with Crippen molar-refractivity contribution in [1.29, 1.82) is 0 Å². The fraction of sp³-hybridized carbons (Fsp3) is 0.400. The van der Waals surface area contributed by atoms with Gasteiger partial charge in [0.1, 0.15) is 8.07 Å². The van der Waals surface area contributed by atoms with Gasteiger partial charge >= 0.3 is 5.97 Å². The Balaban J connectivity index is 2.33. The minimum Gasteiger partial charge on any atom is -0.465 e. The molecular weight excluding hydrogens is 402 g/mol. The molecule has 0 aliphatic rings. The molecule has 0 unspecified atom stereocenters. The van der Waals surface area contributed by atoms with E-state index in [-0.39, 0.29) is 5.97 Å². The zero-order valence-corrected chi connectivity index (χ0v) is 20.4. The van der Waals surface area contributed by atoms with Crippen LogP contribution in [0.3, 0.4) is 0 Å². The van der Waals surface area contributed by atoms with E-state index in [2.05, 4.69) is 63.0 Å². The molecular formula is C25H31N3O2Si. The van der Waals surface area contributed by atoms with Crippen molar-refractivity contribution in [1.82, 2.24) is 14.5 Å². The summed E-state index contributed by atoms with van der Waals surface area (Å²) in [7, 11) is -0.536. The topological polar surface area (TPSA) is 57.0 Å². The minimum atomic E-state index is -1.93. The average Bonchev–Trinajstić information content (AvgIpc) is 3.11. The molecule has 5 nitrogen and oxygen atoms in total. The lowest BCUT2D eigenvalue weighted by atomic mass is 10.1. The van der Waals surface area contributed by atoms with Crippen molar-refractivity contribution in [2.45, 2.75) is 58.2 Å². The Morgan fingerprint density at radius 1 is 1.00 bits per heavy atom. The largest absolute Gasteiger partial charge is 0.465 e. The van der Waals surface area contributed by atoms with E-state index in [1.54, 1.807) is 24.5 Å². The Morgan fingerprint density at radius 3 is 2.16 bits per heavy atom. The standard InChI is InChI=1S/C25H31N3O2Si/c1-17(2)31(18(3)4,19(5)6)15-12-20-16-22-21(24(29)30-7)10-8-11-23(22)28(20)25-26-13-9-14-27-25/h8-11,13-14,16-19H,1-7H3. The Labute approximate surface area is 185 Å². The predicted molar refractivity (Wildman–Crippen MR) is 128 cm³/mol. The molecule has 0 amide bonds. The molecule has 1 aromatic carbocycles. The van der Waals surface area contributed by atoms with Crippen LogP contribution in [-0.4, -0.2) is 35.7 Å². The summed E-state index contributed by atoms with van der Waals surface area (Å²) in [5.41, 5.74) is 7.49. The molecule has 2 aromatic heterocycles. The van der Waals surface area contributed by atoms with E-state index in [4.69, 9.17) is 4.74 Å². The predicted octanol–water partition coefficient (Wildman–Crippen LogP) is 5.78. The Morgan fingerprint density at radius 2 is 1.61 bits per heavy atom. The van der Waals surface area contributed by atoms with Crippen LogP contribution in [0.2, 0.25) is 16.6 Å². The first-order chi connectivity index (χ1) is 14.7. The van der Waals surface area contributed by atoms with Crippen LogP contribution in [0.25, 0.3) is 16.9 Å². The van der Waals surface area contributed by atoms with Crippen LogP contribution in [0.1, 0.15) is 57.6 Å². The summed E-state index contributed by atoms with van der Waals surface area (Å²) in [6, 6.07) is 9.33. The molecule has 0 saturated heterocycles. The van der Waals surface area contributed by atoms with Gasteiger partial charge in [-0.25, -0.2) is 14.8 Å². The van der Waals surface area contributed by atoms with Crippen LogP contribution in [-0.2, 0) is 4.74 Å². The van der Waals surface area contributed by atoms with E-state index in [9.17, 15) is 4.79 Å². The van der Waals surface area contributed by atoms with E-state index >= 15 is 0 Å². The summed E-state index contributed by atoms with van der Waals surface area (Å²) in [4.78, 5) is 21.3. The third-order valence-corrected chi connectivity index (χ3v) is 12.6. The smallest absolute Gasteiger partial charge is 0.338 e. The molecule has 0 aliphatic carbocycles. The van der Waals surface area contributed by atoms with Gasteiger partial charge in [-0.15, -0.1) is 5.54 Å². The Kier molecular flexibility index (Phi) is 6.66. The second-order valence-electron chi connectivity index (χ2n) is 8.79. The second-order valence-corrected chi connectivity index (χ2v) is 14.4. The number of rotatable bonds is 5. The van der Waals surface area contributed by atoms with Gasteiger partial charge in [-0.1, -0.05) is 53.5 Å². The molecule has 0 N–H and O–H groups in total. The highest BCUT2D eigenvalue weighted by Gasteiger charge is 2.41. The number of benzene rings is 1. The highest BCUT2D eigenvalue weighted by Crippen LogP contribution is 2.41. The maximum atomic E-state index is 12.4. The van der Waals surface area contributed by atoms with E-state index in [0.717, 1.165) is 16.6 Å². The molecule has 2 heterocycles. The average molecular weight is 434 g/mol. The van der Waals surface area contributed by atoms with Gasteiger partial charge < -0.3 is 4.74 Å². The number of fused-ring (bicyclic) bond motifs is 1. The SMILES string of the molecule is COC(=O)c1cccc2c1cc(C#C[Si](C(C)C)(C(C)C)C(C)C)n2-c1ncccn1. The number of hydrogen-bond donors (Lipinski definition) is 0. The van der Waals surface area contributed by atoms with Crippen molar-refractivity contribution in [2.24, 2.45) is 0 Å². The lowest BCUT2D eigenvalue weighted by molar-refractivity contribution is 0.0603. The number of carbonyl (C=O) groups excluding carboxylic acids is 1. The van der Waals surface area contributed by atoms with Gasteiger partial charge in [0.05, 0.1) is 23.9 Å². The second kappa shape index (κ2) is 9.07. The van der Waals surface area contributed by atoms with Gasteiger partial charge in [-0.05, 0) is 40.9 Å². The van der Waals surface area contributed by atoms with Crippen LogP contribution in [0.5, 0.6) is 0 Å². The molecule has 162 valence electrons. The van der Waals surface area contributed by atoms with Crippen molar-refractivity contribution < 1.29 is 9.53 Å². The molecule has 0 bridgehead atoms. The lowest BCUT2D eigenvalue weighted by Gasteiger charge is -2.38. The van der Waals surface area contributed by atoms with Crippen LogP contribution < -0.4 is 0 Å². The molecule has 6 heteroatoms. The summed E-state index contributed by atoms with van der Waals surface area (Å²) < 4.78 is 6.94. The van der Waals surface area contributed by atoms with Crippen molar-refractivity contribution >= 4 is 24.9 Å². The number of ether oxygens (including phenoxy) is 1. The molecule has 3 aromatic rings. The maximum absolute atomic E-state index is 12.4. The highest BCUT2D eigenvalue weighted by atomic mass is 28.3. The van der Waals surface area contributed by atoms with Gasteiger partial charge in [0.15, 0.2) is 0 Å². The molecule has 0 radical (unpaired) electrons. The number of carbonyl (C=O) groups is 1. The zero-order valence-electron chi connectivity index (χ0n) is 19.4. The third kappa shape index (κ3) is 4.02. The Hall–Kier alpha value is -2.91. The molecule has 0 spiro atoms. The first kappa shape index (κ1) is 22.8. The van der Waals surface area contributed by atoms with Gasteiger partial charge in [0, 0.05) is 17.8 Å². The van der Waals surface area contributed by atoms with Crippen molar-refractivity contribution in [2.75, 3.05) is 7.11 Å². The summed E-state index contributed by atoms with van der Waals surface area (Å²) in [6.07, 6.45) is 3.43. The molecule has 0 saturated carbocycles. The molecule has 31 heavy (non-hydrogen) atoms. The van der Waals surface area contributed by atoms with Crippen molar-refractivity contribution in [3.8, 4) is 17.4 Å². The third-order valence-electron chi connectivity index (χ3n) is 6.28. The molecule has 0 fully saturated rings. The van der Waals surface area contributed by atoms with Gasteiger partial charge in [-0.3, -0.25) is 4.57 Å². The lowest BCUT2D eigenvalue weighted by Crippen LogP contribution is -2.43. The normalized spacial score (nSPS) is 11.8. The van der Waals surface area contributed by atoms with Crippen LogP contribution in [0, 0.1) is 11.5 Å². The maximum Gasteiger partial charge on any atom is 0.338 e. The van der Waals surface area contributed by atoms with E-state index in [1.165, 1.54) is 7.11 Å². The number of hydrogen-bond acceptors (Lipinski definition) is 4. The monoisotopic (exact) mass is 433 g/mol. The number of aromatic nitrogens is 3. The van der Waals surface area contributed by atoms with Crippen molar-refractivity contribution in [3.63, 3.8) is 0 Å². The Bertz CT molecular complexity index is 1120. The fourth-order valence-electron chi connectivity index (χ4n) is 4.84. The molecule has 0 atom stereocenters. The van der Waals surface area contributed by atoms with Gasteiger partial charge in [-0.2, -0.15) is 0 Å². The van der Waals surface area contributed by atoms with Crippen LogP contribution in [0.15, 0.2) is 42.7 Å². The van der Waals surface area contributed by atoms with E-state index in [1.807, 2.05) is 22.8 Å². The summed E-state index contributed by atoms with van der Waals surface area (Å²) in [6.45, 7) is 13.8. The fourth-order valence-corrected chi connectivity index (χ4v) is 10.0. The van der Waals surface area contributed by atoms with E-state index in [0.29, 0.717) is 28.1 Å². The molecule has 3 rings (SSSR count). The number of methoxy groups -OCH3 is 1. The first-order valence-corrected chi connectivity index (χ1v) is 13.0. The minimum absolute atomic E-state index is 0.369. The van der Waals surface area contributed by atoms with Crippen LogP contribution >= 0.6 is 0 Å². The summed E-state index contributed by atoms with van der Waals surface area (Å²) in [5.74, 6) is 3.68. The zero-order chi connectivity index (χ0) is 22.8. The van der Waals surface area contributed by atoms with Gasteiger partial charge in [0.2, 0.25) is 5.95 Å². The first-order valence-electron chi connectivity index (χ1n) is 10.8. The van der Waals surface area contributed by atoms with E-state index < -0.39 is 8.07 Å². The van der Waals surface area contributed by atoms with Crippen molar-refractivity contribution in [3.05, 3.63) is 54.0 Å². The summed E-state index contributed by atoms with van der Waals surface area (Å²) in [5, 5.41) is 0.789. The summed E-state index contributed by atoms with van der Waals surface area (Å²) >= 11 is 0. The quantitative estimate of drug-likeness (QED) is 0.291. The van der Waals surface area contributed by atoms with Crippen LogP contribution in [0.4, 0.5) is 0 Å². The van der Waals surface area contributed by atoms with Gasteiger partial charge in [0.25, 0.3) is 0 Å². The number of nitrogens with zero attached hydrogens (tertiary/aromatic N) is 3.